The lowest BCUT2D eigenvalue weighted by atomic mass is 10.3. The van der Waals surface area contributed by atoms with Crippen LogP contribution in [0.15, 0.2) is 52.9 Å². The van der Waals surface area contributed by atoms with Crippen molar-refractivity contribution in [1.82, 2.24) is 4.98 Å². The number of benzene rings is 1. The summed E-state index contributed by atoms with van der Waals surface area (Å²) in [5.41, 5.74) is 0.504. The van der Waals surface area contributed by atoms with Crippen LogP contribution in [0.1, 0.15) is 22.0 Å². The molecule has 0 aliphatic rings. The van der Waals surface area contributed by atoms with Gasteiger partial charge in [-0.1, -0.05) is 41.4 Å². The van der Waals surface area contributed by atoms with Crippen LogP contribution < -0.4 is 10.1 Å². The number of furan rings is 1. The Bertz CT molecular complexity index is 1020. The summed E-state index contributed by atoms with van der Waals surface area (Å²) >= 11 is 11.9. The third-order valence-electron chi connectivity index (χ3n) is 3.68. The van der Waals surface area contributed by atoms with Gasteiger partial charge in [0, 0.05) is 0 Å². The van der Waals surface area contributed by atoms with E-state index < -0.39 is 18.5 Å². The normalized spacial score (nSPS) is 10.4. The first kappa shape index (κ1) is 20.7. The highest BCUT2D eigenvalue weighted by atomic mass is 35.5. The lowest BCUT2D eigenvalue weighted by molar-refractivity contribution is -0.119. The van der Waals surface area contributed by atoms with E-state index in [9.17, 15) is 9.59 Å². The maximum atomic E-state index is 12.1. The fourth-order valence-corrected chi connectivity index (χ4v) is 2.66. The number of amides is 1. The molecule has 0 unspecified atom stereocenters. The number of carbonyl (C=O) groups excluding carboxylic acids is 2. The number of nitrogens with zero attached hydrogens (tertiary/aromatic N) is 1. The van der Waals surface area contributed by atoms with Gasteiger partial charge in [0.2, 0.25) is 5.76 Å². The first-order valence-electron chi connectivity index (χ1n) is 8.48. The maximum Gasteiger partial charge on any atom is 0.374 e. The van der Waals surface area contributed by atoms with Gasteiger partial charge < -0.3 is 19.2 Å². The minimum absolute atomic E-state index is 0.0389. The summed E-state index contributed by atoms with van der Waals surface area (Å²) < 4.78 is 15.9. The van der Waals surface area contributed by atoms with Gasteiger partial charge in [-0.15, -0.1) is 0 Å². The van der Waals surface area contributed by atoms with Crippen molar-refractivity contribution >= 4 is 40.9 Å². The molecule has 29 heavy (non-hydrogen) atoms. The number of carbonyl (C=O) groups is 2. The second-order valence-electron chi connectivity index (χ2n) is 5.88. The van der Waals surface area contributed by atoms with E-state index in [4.69, 9.17) is 37.1 Å². The molecule has 150 valence electrons. The van der Waals surface area contributed by atoms with Crippen LogP contribution in [0.3, 0.4) is 0 Å². The van der Waals surface area contributed by atoms with Crippen molar-refractivity contribution in [2.75, 3.05) is 11.9 Å². The molecule has 0 saturated carbocycles. The van der Waals surface area contributed by atoms with Crippen LogP contribution in [-0.4, -0.2) is 23.5 Å². The summed E-state index contributed by atoms with van der Waals surface area (Å²) in [6, 6.07) is 13.7. The van der Waals surface area contributed by atoms with Crippen molar-refractivity contribution in [2.24, 2.45) is 0 Å². The summed E-state index contributed by atoms with van der Waals surface area (Å²) in [7, 11) is 0. The number of nitrogens with one attached hydrogen (secondary N) is 1. The Morgan fingerprint density at radius 1 is 1.10 bits per heavy atom. The van der Waals surface area contributed by atoms with Gasteiger partial charge in [0.15, 0.2) is 12.4 Å². The highest BCUT2D eigenvalue weighted by Gasteiger charge is 2.16. The molecule has 1 aromatic carbocycles. The van der Waals surface area contributed by atoms with Gasteiger partial charge in [-0.25, -0.2) is 9.78 Å². The number of aromatic nitrogens is 1. The lowest BCUT2D eigenvalue weighted by Gasteiger charge is -2.08. The third-order valence-corrected chi connectivity index (χ3v) is 4.35. The molecule has 0 radical (unpaired) electrons. The molecule has 0 saturated heterocycles. The van der Waals surface area contributed by atoms with Crippen LogP contribution in [0.5, 0.6) is 5.75 Å². The van der Waals surface area contributed by atoms with E-state index in [2.05, 4.69) is 10.3 Å². The zero-order chi connectivity index (χ0) is 20.8. The molecule has 0 bridgehead atoms. The molecule has 7 nitrogen and oxygen atoms in total. The van der Waals surface area contributed by atoms with Crippen molar-refractivity contribution < 1.29 is 23.5 Å². The summed E-state index contributed by atoms with van der Waals surface area (Å²) in [6.45, 7) is 1.29. The van der Waals surface area contributed by atoms with E-state index in [1.807, 2.05) is 18.2 Å². The van der Waals surface area contributed by atoms with Gasteiger partial charge in [-0.2, -0.15) is 0 Å². The second kappa shape index (κ2) is 9.45. The lowest BCUT2D eigenvalue weighted by Crippen LogP contribution is -2.21. The Morgan fingerprint density at radius 2 is 1.86 bits per heavy atom. The average molecular weight is 435 g/mol. The van der Waals surface area contributed by atoms with E-state index in [0.29, 0.717) is 22.2 Å². The van der Waals surface area contributed by atoms with Crippen molar-refractivity contribution in [1.29, 1.82) is 0 Å². The minimum atomic E-state index is -0.780. The molecule has 0 spiro atoms. The fourth-order valence-electron chi connectivity index (χ4n) is 2.25. The van der Waals surface area contributed by atoms with Crippen LogP contribution in [0.2, 0.25) is 10.0 Å². The predicted molar refractivity (Wildman–Crippen MR) is 107 cm³/mol. The van der Waals surface area contributed by atoms with E-state index >= 15 is 0 Å². The highest BCUT2D eigenvalue weighted by Crippen LogP contribution is 2.25. The Morgan fingerprint density at radius 3 is 2.62 bits per heavy atom. The van der Waals surface area contributed by atoms with Crippen LogP contribution in [0, 0.1) is 6.92 Å². The number of ether oxygens (including phenoxy) is 2. The number of anilines is 1. The quantitative estimate of drug-likeness (QED) is 0.543. The van der Waals surface area contributed by atoms with Crippen molar-refractivity contribution in [3.8, 4) is 5.75 Å². The Kier molecular flexibility index (Phi) is 6.74. The fraction of sp³-hybridized carbons (Fsp3) is 0.150. The molecule has 0 fully saturated rings. The molecule has 0 atom stereocenters. The topological polar surface area (TPSA) is 90.7 Å². The standard InChI is InChI=1S/C20H16Cl2N2O5/c1-12-15(21)9-16(22)19(23-12)24-18(25)11-28-20(26)17-8-7-14(29-17)10-27-13-5-3-2-4-6-13/h2-9H,10-11H2,1H3,(H,23,24,25). The third kappa shape index (κ3) is 5.73. The largest absolute Gasteiger partial charge is 0.486 e. The van der Waals surface area contributed by atoms with Crippen LogP contribution in [0.4, 0.5) is 5.82 Å². The molecule has 9 heteroatoms. The van der Waals surface area contributed by atoms with Crippen molar-refractivity contribution in [2.45, 2.75) is 13.5 Å². The molecule has 1 amide bonds. The molecular formula is C20H16Cl2N2O5. The van der Waals surface area contributed by atoms with E-state index in [1.54, 1.807) is 25.1 Å². The monoisotopic (exact) mass is 434 g/mol. The Hall–Kier alpha value is -3.03. The van der Waals surface area contributed by atoms with E-state index in [-0.39, 0.29) is 23.2 Å². The number of para-hydroxylation sites is 1. The predicted octanol–water partition coefficient (Wildman–Crippen LogP) is 4.66. The highest BCUT2D eigenvalue weighted by molar-refractivity contribution is 6.36. The molecule has 0 aliphatic carbocycles. The van der Waals surface area contributed by atoms with Gasteiger partial charge in [-0.3, -0.25) is 4.79 Å². The van der Waals surface area contributed by atoms with Gasteiger partial charge in [0.1, 0.15) is 18.1 Å². The van der Waals surface area contributed by atoms with Crippen LogP contribution in [-0.2, 0) is 16.1 Å². The first-order valence-corrected chi connectivity index (χ1v) is 9.24. The van der Waals surface area contributed by atoms with Gasteiger partial charge in [0.05, 0.1) is 15.7 Å². The second-order valence-corrected chi connectivity index (χ2v) is 6.69. The number of hydrogen-bond donors (Lipinski definition) is 1. The minimum Gasteiger partial charge on any atom is -0.486 e. The average Bonchev–Trinajstić information content (AvgIpc) is 3.19. The van der Waals surface area contributed by atoms with Gasteiger partial charge in [-0.05, 0) is 37.3 Å². The Labute approximate surface area is 176 Å². The number of rotatable bonds is 7. The van der Waals surface area contributed by atoms with Gasteiger partial charge >= 0.3 is 5.97 Å². The molecule has 3 rings (SSSR count). The van der Waals surface area contributed by atoms with Gasteiger partial charge in [0.25, 0.3) is 5.91 Å². The maximum absolute atomic E-state index is 12.1. The molecule has 3 aromatic rings. The SMILES string of the molecule is Cc1nc(NC(=O)COC(=O)c2ccc(COc3ccccc3)o2)c(Cl)cc1Cl. The summed E-state index contributed by atoms with van der Waals surface area (Å²) in [4.78, 5) is 28.1. The first-order chi connectivity index (χ1) is 13.9. The zero-order valence-corrected chi connectivity index (χ0v) is 16.8. The summed E-state index contributed by atoms with van der Waals surface area (Å²) in [5.74, 6) is -0.172. The van der Waals surface area contributed by atoms with Crippen molar-refractivity contribution in [3.63, 3.8) is 0 Å². The molecular weight excluding hydrogens is 419 g/mol. The zero-order valence-electron chi connectivity index (χ0n) is 15.3. The number of hydrogen-bond acceptors (Lipinski definition) is 6. The molecule has 2 aromatic heterocycles. The summed E-state index contributed by atoms with van der Waals surface area (Å²) in [5, 5.41) is 3.01. The number of pyridine rings is 1. The Balaban J connectivity index is 1.50. The van der Waals surface area contributed by atoms with Crippen LogP contribution >= 0.6 is 23.2 Å². The number of esters is 1. The van der Waals surface area contributed by atoms with Crippen molar-refractivity contribution in [3.05, 3.63) is 75.8 Å². The summed E-state index contributed by atoms with van der Waals surface area (Å²) in [6.07, 6.45) is 0. The number of halogens is 2. The molecule has 2 heterocycles. The van der Waals surface area contributed by atoms with E-state index in [1.165, 1.54) is 12.1 Å². The van der Waals surface area contributed by atoms with E-state index in [0.717, 1.165) is 0 Å². The molecule has 0 aliphatic heterocycles. The van der Waals surface area contributed by atoms with Crippen LogP contribution in [0.25, 0.3) is 0 Å². The molecule has 1 N–H and O–H groups in total. The number of aryl methyl sites for hydroxylation is 1. The smallest absolute Gasteiger partial charge is 0.374 e.